The van der Waals surface area contributed by atoms with Crippen LogP contribution in [0.3, 0.4) is 0 Å². The Morgan fingerprint density at radius 2 is 1.84 bits per heavy atom. The number of hydrogen-bond donors (Lipinski definition) is 2. The summed E-state index contributed by atoms with van der Waals surface area (Å²) in [5.74, 6) is -4.05. The van der Waals surface area contributed by atoms with Crippen LogP contribution in [-0.2, 0) is 30.3 Å². The van der Waals surface area contributed by atoms with Gasteiger partial charge in [0.25, 0.3) is 0 Å². The number of carbonyl (C=O) groups is 4. The molecule has 1 aromatic rings. The Labute approximate surface area is 217 Å². The van der Waals surface area contributed by atoms with E-state index < -0.39 is 52.5 Å². The van der Waals surface area contributed by atoms with Crippen molar-refractivity contribution < 1.29 is 29.0 Å². The minimum Gasteiger partial charge on any atom is -0.457 e. The van der Waals surface area contributed by atoms with Gasteiger partial charge >= 0.3 is 5.97 Å². The second kappa shape index (κ2) is 9.86. The van der Waals surface area contributed by atoms with E-state index in [-0.39, 0.29) is 24.2 Å². The fourth-order valence-electron chi connectivity index (χ4n) is 6.48. The molecule has 1 aromatic carbocycles. The minimum absolute atomic E-state index is 0.280. The van der Waals surface area contributed by atoms with Crippen molar-refractivity contribution in [2.24, 2.45) is 29.1 Å². The summed E-state index contributed by atoms with van der Waals surface area (Å²) in [5, 5.41) is 14.1. The molecule has 2 aliphatic carbocycles. The molecule has 1 aliphatic heterocycles. The van der Waals surface area contributed by atoms with Crippen molar-refractivity contribution in [3.8, 4) is 0 Å². The highest BCUT2D eigenvalue weighted by atomic mass is 16.5. The Balaban J connectivity index is 1.95. The van der Waals surface area contributed by atoms with Gasteiger partial charge in [0.05, 0.1) is 5.92 Å². The standard InChI is InChI=1S/C30H35NO6/c1-17-10-9-13-22-26(33)19(3)18(2)25-23(16-21-11-7-6-8-12-21)31-28(35)30(22,25)24(37-20(4)32)14-15-29(5,36)27(17)34/h6-9,11-15,17-18,22-25,36H,3,10,16H2,1-2,4-5H3,(H,31,35)/b13-9+,15-14+/t17-,18+,22-,23-,24?,25-,29+,30?/m0/s1. The van der Waals surface area contributed by atoms with Crippen molar-refractivity contribution in [1.29, 1.82) is 0 Å². The van der Waals surface area contributed by atoms with Gasteiger partial charge in [0.15, 0.2) is 11.6 Å². The van der Waals surface area contributed by atoms with Gasteiger partial charge < -0.3 is 15.2 Å². The Kier molecular flexibility index (Phi) is 7.12. The third kappa shape index (κ3) is 4.50. The Morgan fingerprint density at radius 3 is 2.49 bits per heavy atom. The molecule has 0 radical (unpaired) electrons. The average molecular weight is 506 g/mol. The van der Waals surface area contributed by atoms with Crippen LogP contribution in [-0.4, -0.2) is 46.3 Å². The Hall–Kier alpha value is -3.32. The summed E-state index contributed by atoms with van der Waals surface area (Å²) in [6.45, 7) is 10.3. The second-order valence-electron chi connectivity index (χ2n) is 10.9. The fraction of sp³-hybridized carbons (Fsp3) is 0.467. The first-order valence-corrected chi connectivity index (χ1v) is 12.8. The first-order chi connectivity index (χ1) is 17.4. The largest absolute Gasteiger partial charge is 0.457 e. The number of ether oxygens (including phenoxy) is 1. The number of nitrogens with one attached hydrogen (secondary N) is 1. The third-order valence-corrected chi connectivity index (χ3v) is 8.32. The van der Waals surface area contributed by atoms with Gasteiger partial charge in [-0.3, -0.25) is 19.2 Å². The van der Waals surface area contributed by atoms with E-state index in [2.05, 4.69) is 11.9 Å². The van der Waals surface area contributed by atoms with Gasteiger partial charge in [0, 0.05) is 24.8 Å². The lowest BCUT2D eigenvalue weighted by Crippen LogP contribution is -2.59. The quantitative estimate of drug-likeness (QED) is 0.371. The molecular formula is C30H35NO6. The predicted octanol–water partition coefficient (Wildman–Crippen LogP) is 3.13. The number of ketones is 2. The van der Waals surface area contributed by atoms with Gasteiger partial charge in [-0.2, -0.15) is 0 Å². The number of hydrogen-bond acceptors (Lipinski definition) is 6. The van der Waals surface area contributed by atoms with Gasteiger partial charge in [-0.15, -0.1) is 0 Å². The summed E-state index contributed by atoms with van der Waals surface area (Å²) in [4.78, 5) is 53.2. The van der Waals surface area contributed by atoms with Gasteiger partial charge in [-0.1, -0.05) is 62.9 Å². The summed E-state index contributed by atoms with van der Waals surface area (Å²) < 4.78 is 5.77. The van der Waals surface area contributed by atoms with E-state index in [9.17, 15) is 24.3 Å². The number of esters is 1. The van der Waals surface area contributed by atoms with Gasteiger partial charge in [-0.25, -0.2) is 0 Å². The third-order valence-electron chi connectivity index (χ3n) is 8.32. The maximum atomic E-state index is 14.1. The minimum atomic E-state index is -1.84. The SMILES string of the molecule is C=C1C(=O)[C@@H]2/C=C/C[C@H](C)C(=O)[C@](C)(O)/C=C/C(OC(C)=O)C23C(=O)N[C@@H](Cc2ccccc2)[C@@H]3[C@@H]1C. The molecule has 3 aliphatic rings. The molecule has 0 bridgehead atoms. The van der Waals surface area contributed by atoms with Gasteiger partial charge in [0.2, 0.25) is 5.91 Å². The fourth-order valence-corrected chi connectivity index (χ4v) is 6.48. The maximum absolute atomic E-state index is 14.1. The number of allylic oxidation sites excluding steroid dienone is 3. The highest BCUT2D eigenvalue weighted by Crippen LogP contribution is 2.57. The van der Waals surface area contributed by atoms with Crippen LogP contribution < -0.4 is 5.32 Å². The number of carbonyl (C=O) groups excluding carboxylic acids is 4. The molecule has 1 heterocycles. The summed E-state index contributed by atoms with van der Waals surface area (Å²) in [6, 6.07) is 9.38. The molecule has 1 saturated carbocycles. The first-order valence-electron chi connectivity index (χ1n) is 12.8. The molecule has 7 nitrogen and oxygen atoms in total. The molecule has 37 heavy (non-hydrogen) atoms. The van der Waals surface area contributed by atoms with Crippen LogP contribution in [0.5, 0.6) is 0 Å². The van der Waals surface area contributed by atoms with E-state index >= 15 is 0 Å². The normalized spacial score (nSPS) is 39.6. The smallest absolute Gasteiger partial charge is 0.303 e. The summed E-state index contributed by atoms with van der Waals surface area (Å²) in [6.07, 6.45) is 5.71. The molecular weight excluding hydrogens is 470 g/mol. The number of amides is 1. The van der Waals surface area contributed by atoms with Crippen LogP contribution >= 0.6 is 0 Å². The summed E-state index contributed by atoms with van der Waals surface area (Å²) in [5.41, 5.74) is -1.89. The molecule has 2 N–H and O–H groups in total. The molecule has 4 rings (SSSR count). The zero-order valence-corrected chi connectivity index (χ0v) is 21.8. The van der Waals surface area contributed by atoms with Gasteiger partial charge in [-0.05, 0) is 49.0 Å². The van der Waals surface area contributed by atoms with Crippen molar-refractivity contribution in [3.63, 3.8) is 0 Å². The van der Waals surface area contributed by atoms with Crippen molar-refractivity contribution in [1.82, 2.24) is 5.32 Å². The van der Waals surface area contributed by atoms with Crippen LogP contribution in [0.1, 0.15) is 39.7 Å². The number of aliphatic hydroxyl groups is 1. The molecule has 0 aromatic heterocycles. The van der Waals surface area contributed by atoms with E-state index in [1.54, 1.807) is 19.1 Å². The van der Waals surface area contributed by atoms with Crippen LogP contribution in [0.4, 0.5) is 0 Å². The van der Waals surface area contributed by atoms with E-state index in [0.29, 0.717) is 12.0 Å². The lowest BCUT2D eigenvalue weighted by molar-refractivity contribution is -0.164. The molecule has 1 spiro atoms. The summed E-state index contributed by atoms with van der Waals surface area (Å²) >= 11 is 0. The molecule has 1 saturated heterocycles. The molecule has 2 unspecified atom stereocenters. The van der Waals surface area contributed by atoms with Crippen LogP contribution in [0.2, 0.25) is 0 Å². The maximum Gasteiger partial charge on any atom is 0.303 e. The van der Waals surface area contributed by atoms with Crippen LogP contribution in [0.15, 0.2) is 66.8 Å². The van der Waals surface area contributed by atoms with Crippen molar-refractivity contribution in [2.75, 3.05) is 0 Å². The summed E-state index contributed by atoms with van der Waals surface area (Å²) in [7, 11) is 0. The number of benzene rings is 1. The highest BCUT2D eigenvalue weighted by Gasteiger charge is 2.69. The average Bonchev–Trinajstić information content (AvgIpc) is 3.13. The molecule has 2 fully saturated rings. The lowest BCUT2D eigenvalue weighted by Gasteiger charge is -2.49. The van der Waals surface area contributed by atoms with Crippen LogP contribution in [0.25, 0.3) is 0 Å². The first kappa shape index (κ1) is 26.7. The molecule has 196 valence electrons. The zero-order chi connectivity index (χ0) is 27.1. The molecule has 1 amide bonds. The van der Waals surface area contributed by atoms with Crippen molar-refractivity contribution in [3.05, 3.63) is 72.4 Å². The highest BCUT2D eigenvalue weighted by molar-refractivity contribution is 6.05. The van der Waals surface area contributed by atoms with Gasteiger partial charge in [0.1, 0.15) is 17.1 Å². The lowest BCUT2D eigenvalue weighted by atomic mass is 9.52. The second-order valence-corrected chi connectivity index (χ2v) is 10.9. The van der Waals surface area contributed by atoms with E-state index in [1.165, 1.54) is 26.0 Å². The topological polar surface area (TPSA) is 110 Å². The number of Topliss-reactive ketones (excluding diaryl/α,β-unsaturated/α-hetero) is 2. The Bertz CT molecular complexity index is 1180. The van der Waals surface area contributed by atoms with Crippen molar-refractivity contribution >= 4 is 23.4 Å². The van der Waals surface area contributed by atoms with E-state index in [4.69, 9.17) is 4.74 Å². The zero-order valence-electron chi connectivity index (χ0n) is 21.8. The molecule has 8 atom stereocenters. The van der Waals surface area contributed by atoms with E-state index in [1.807, 2.05) is 37.3 Å². The van der Waals surface area contributed by atoms with Crippen molar-refractivity contribution in [2.45, 2.75) is 58.3 Å². The molecule has 7 heteroatoms. The number of rotatable bonds is 3. The predicted molar refractivity (Wildman–Crippen MR) is 138 cm³/mol. The monoisotopic (exact) mass is 505 g/mol. The van der Waals surface area contributed by atoms with E-state index in [0.717, 1.165) is 5.56 Å². The Morgan fingerprint density at radius 1 is 1.16 bits per heavy atom. The van der Waals surface area contributed by atoms with Crippen LogP contribution in [0, 0.1) is 29.1 Å².